The number of piperidine rings is 1. The van der Waals surface area contributed by atoms with Crippen LogP contribution in [0.5, 0.6) is 0 Å². The van der Waals surface area contributed by atoms with Crippen LogP contribution in [0, 0.1) is 0 Å². The van der Waals surface area contributed by atoms with Crippen LogP contribution in [0.25, 0.3) is 11.0 Å². The Balaban J connectivity index is 1.73. The summed E-state index contributed by atoms with van der Waals surface area (Å²) in [6, 6.07) is 6.29. The molecule has 0 saturated carbocycles. The summed E-state index contributed by atoms with van der Waals surface area (Å²) in [5, 5.41) is 1.17. The van der Waals surface area contributed by atoms with Gasteiger partial charge in [-0.15, -0.1) is 0 Å². The summed E-state index contributed by atoms with van der Waals surface area (Å²) in [7, 11) is 0. The third kappa shape index (κ3) is 2.73. The van der Waals surface area contributed by atoms with E-state index in [0.717, 1.165) is 37.6 Å². The van der Waals surface area contributed by atoms with Crippen molar-refractivity contribution in [2.24, 2.45) is 0 Å². The smallest absolute Gasteiger partial charge is 0.139 e. The van der Waals surface area contributed by atoms with E-state index in [1.165, 1.54) is 18.2 Å². The van der Waals surface area contributed by atoms with E-state index < -0.39 is 0 Å². The Hall–Kier alpha value is -1.55. The van der Waals surface area contributed by atoms with E-state index in [0.29, 0.717) is 6.10 Å². The Morgan fingerprint density at radius 3 is 3.26 bits per heavy atom. The van der Waals surface area contributed by atoms with Gasteiger partial charge in [0.1, 0.15) is 11.5 Å². The molecule has 0 aromatic carbocycles. The van der Waals surface area contributed by atoms with Crippen molar-refractivity contribution in [1.82, 2.24) is 9.97 Å². The Bertz CT molecular complexity index is 537. The summed E-state index contributed by atoms with van der Waals surface area (Å²) in [4.78, 5) is 10.2. The molecule has 1 atom stereocenters. The zero-order chi connectivity index (χ0) is 13.1. The second-order valence-electron chi connectivity index (χ2n) is 5.17. The maximum absolute atomic E-state index is 5.88. The minimum absolute atomic E-state index is 0.356. The Kier molecular flexibility index (Phi) is 3.69. The zero-order valence-corrected chi connectivity index (χ0v) is 11.4. The van der Waals surface area contributed by atoms with Gasteiger partial charge >= 0.3 is 0 Å². The lowest BCUT2D eigenvalue weighted by atomic mass is 10.1. The summed E-state index contributed by atoms with van der Waals surface area (Å²) in [5.74, 6) is 1.06. The normalized spacial score (nSPS) is 20.1. The van der Waals surface area contributed by atoms with Crippen molar-refractivity contribution in [3.8, 4) is 0 Å². The molecule has 2 aromatic heterocycles. The summed E-state index contributed by atoms with van der Waals surface area (Å²) >= 11 is 0. The van der Waals surface area contributed by atoms with Gasteiger partial charge in [0.2, 0.25) is 0 Å². The van der Waals surface area contributed by atoms with Gasteiger partial charge in [-0.1, -0.05) is 6.92 Å². The molecular weight excluding hydrogens is 238 g/mol. The fourth-order valence-electron chi connectivity index (χ4n) is 2.66. The number of hydrogen-bond acceptors (Lipinski definition) is 3. The zero-order valence-electron chi connectivity index (χ0n) is 11.4. The molecule has 19 heavy (non-hydrogen) atoms. The summed E-state index contributed by atoms with van der Waals surface area (Å²) in [6.45, 7) is 5.05. The van der Waals surface area contributed by atoms with Crippen LogP contribution in [0.2, 0.25) is 0 Å². The highest BCUT2D eigenvalue weighted by Crippen LogP contribution is 2.22. The number of fused-ring (bicyclic) bond motifs is 1. The van der Waals surface area contributed by atoms with Gasteiger partial charge in [-0.2, -0.15) is 0 Å². The fraction of sp³-hybridized carbons (Fsp3) is 0.533. The minimum atomic E-state index is 0.356. The number of ether oxygens (including phenoxy) is 1. The maximum Gasteiger partial charge on any atom is 0.139 e. The lowest BCUT2D eigenvalue weighted by molar-refractivity contribution is 0.0439. The largest absolute Gasteiger partial charge is 0.376 e. The number of aromatic amines is 1. The molecule has 102 valence electrons. The van der Waals surface area contributed by atoms with Gasteiger partial charge in [-0.05, 0) is 37.5 Å². The van der Waals surface area contributed by atoms with Crippen LogP contribution in [-0.4, -0.2) is 35.8 Å². The Labute approximate surface area is 113 Å². The van der Waals surface area contributed by atoms with Gasteiger partial charge in [-0.25, -0.2) is 4.98 Å². The number of H-pyrrole nitrogens is 1. The predicted octanol–water partition coefficient (Wildman–Crippen LogP) is 2.96. The first-order valence-corrected chi connectivity index (χ1v) is 7.17. The van der Waals surface area contributed by atoms with Crippen LogP contribution in [0.15, 0.2) is 24.4 Å². The highest BCUT2D eigenvalue weighted by molar-refractivity contribution is 5.77. The first-order valence-electron chi connectivity index (χ1n) is 7.17. The van der Waals surface area contributed by atoms with Crippen molar-refractivity contribution in [2.45, 2.75) is 32.3 Å². The molecule has 1 N–H and O–H groups in total. The van der Waals surface area contributed by atoms with Crippen molar-refractivity contribution in [3.05, 3.63) is 24.4 Å². The highest BCUT2D eigenvalue weighted by atomic mass is 16.5. The van der Waals surface area contributed by atoms with Crippen molar-refractivity contribution in [3.63, 3.8) is 0 Å². The van der Waals surface area contributed by atoms with E-state index >= 15 is 0 Å². The second kappa shape index (κ2) is 5.61. The Morgan fingerprint density at radius 2 is 2.37 bits per heavy atom. The number of nitrogens with zero attached hydrogens (tertiary/aromatic N) is 2. The summed E-state index contributed by atoms with van der Waals surface area (Å²) < 4.78 is 5.88. The van der Waals surface area contributed by atoms with Crippen LogP contribution >= 0.6 is 0 Å². The minimum Gasteiger partial charge on any atom is -0.376 e. The van der Waals surface area contributed by atoms with Crippen LogP contribution in [-0.2, 0) is 4.74 Å². The number of aromatic nitrogens is 2. The number of nitrogens with one attached hydrogen (secondary N) is 1. The molecule has 1 saturated heterocycles. The van der Waals surface area contributed by atoms with Gasteiger partial charge in [0.25, 0.3) is 0 Å². The molecule has 0 radical (unpaired) electrons. The lowest BCUT2D eigenvalue weighted by Gasteiger charge is -2.33. The molecule has 0 bridgehead atoms. The summed E-state index contributed by atoms with van der Waals surface area (Å²) in [6.07, 6.45) is 5.73. The molecule has 4 nitrogen and oxygen atoms in total. The molecule has 1 aliphatic rings. The first-order chi connectivity index (χ1) is 9.36. The number of hydrogen-bond donors (Lipinski definition) is 1. The standard InChI is InChI=1S/C15H21N3O/c1-2-10-19-13-4-3-9-18(11-13)14-6-5-12-7-8-16-15(12)17-14/h5-8,13H,2-4,9-11H2,1H3,(H,16,17)/t13-/m0/s1. The van der Waals surface area contributed by atoms with E-state index in [1.54, 1.807) is 0 Å². The van der Waals surface area contributed by atoms with Crippen molar-refractivity contribution in [1.29, 1.82) is 0 Å². The SMILES string of the molecule is CCCO[C@H]1CCCN(c2ccc3cc[nH]c3n2)C1. The quantitative estimate of drug-likeness (QED) is 0.917. The molecule has 0 spiro atoms. The number of rotatable bonds is 4. The molecule has 3 heterocycles. The predicted molar refractivity (Wildman–Crippen MR) is 77.6 cm³/mol. The lowest BCUT2D eigenvalue weighted by Crippen LogP contribution is -2.40. The van der Waals surface area contributed by atoms with E-state index in [1.807, 2.05) is 6.20 Å². The van der Waals surface area contributed by atoms with Crippen LogP contribution in [0.4, 0.5) is 5.82 Å². The highest BCUT2D eigenvalue weighted by Gasteiger charge is 2.21. The third-order valence-electron chi connectivity index (χ3n) is 3.65. The van der Waals surface area contributed by atoms with E-state index in [2.05, 4.69) is 40.0 Å². The van der Waals surface area contributed by atoms with E-state index in [-0.39, 0.29) is 0 Å². The van der Waals surface area contributed by atoms with Gasteiger partial charge in [-0.3, -0.25) is 0 Å². The van der Waals surface area contributed by atoms with Crippen molar-refractivity contribution < 1.29 is 4.74 Å². The van der Waals surface area contributed by atoms with Gasteiger partial charge < -0.3 is 14.6 Å². The van der Waals surface area contributed by atoms with Gasteiger partial charge in [0.05, 0.1) is 6.10 Å². The van der Waals surface area contributed by atoms with Crippen LogP contribution < -0.4 is 4.90 Å². The molecule has 0 unspecified atom stereocenters. The second-order valence-corrected chi connectivity index (χ2v) is 5.17. The molecular formula is C15H21N3O. The molecule has 0 amide bonds. The van der Waals surface area contributed by atoms with Crippen LogP contribution in [0.1, 0.15) is 26.2 Å². The van der Waals surface area contributed by atoms with Crippen LogP contribution in [0.3, 0.4) is 0 Å². The number of anilines is 1. The van der Waals surface area contributed by atoms with Crippen molar-refractivity contribution in [2.75, 3.05) is 24.6 Å². The van der Waals surface area contributed by atoms with Crippen molar-refractivity contribution >= 4 is 16.9 Å². The topological polar surface area (TPSA) is 41.1 Å². The molecule has 4 heteroatoms. The van der Waals surface area contributed by atoms with E-state index in [9.17, 15) is 0 Å². The summed E-state index contributed by atoms with van der Waals surface area (Å²) in [5.41, 5.74) is 0.967. The monoisotopic (exact) mass is 259 g/mol. The molecule has 1 fully saturated rings. The van der Waals surface area contributed by atoms with E-state index in [4.69, 9.17) is 4.74 Å². The molecule has 1 aliphatic heterocycles. The molecule has 0 aliphatic carbocycles. The molecule has 2 aromatic rings. The Morgan fingerprint density at radius 1 is 1.42 bits per heavy atom. The fourth-order valence-corrected chi connectivity index (χ4v) is 2.66. The maximum atomic E-state index is 5.88. The van der Waals surface area contributed by atoms with Gasteiger partial charge in [0.15, 0.2) is 0 Å². The number of pyridine rings is 1. The van der Waals surface area contributed by atoms with Gasteiger partial charge in [0, 0.05) is 31.3 Å². The first kappa shape index (κ1) is 12.5. The molecule has 3 rings (SSSR count). The average Bonchev–Trinajstić information content (AvgIpc) is 2.92. The average molecular weight is 259 g/mol. The third-order valence-corrected chi connectivity index (χ3v) is 3.65.